The first-order valence-corrected chi connectivity index (χ1v) is 11.9. The number of anilines is 1. The second-order valence-electron chi connectivity index (χ2n) is 7.01. The van der Waals surface area contributed by atoms with Crippen molar-refractivity contribution in [1.29, 1.82) is 0 Å². The summed E-state index contributed by atoms with van der Waals surface area (Å²) < 4.78 is 32.4. The van der Waals surface area contributed by atoms with Crippen molar-refractivity contribution in [1.82, 2.24) is 5.32 Å². The number of sulfonamides is 1. The molecule has 29 heavy (non-hydrogen) atoms. The molecule has 1 heterocycles. The van der Waals surface area contributed by atoms with Crippen LogP contribution in [0.4, 0.5) is 5.69 Å². The predicted molar refractivity (Wildman–Crippen MR) is 111 cm³/mol. The number of esters is 1. The number of nitrogens with one attached hydrogen (secondary N) is 2. The fraction of sp³-hybridized carbons (Fsp3) is 0.400. The number of amides is 1. The zero-order chi connectivity index (χ0) is 20.9. The molecular weight excluding hydrogens is 412 g/mol. The third kappa shape index (κ3) is 5.80. The highest BCUT2D eigenvalue weighted by molar-refractivity contribution is 7.94. The average Bonchev–Trinajstić information content (AvgIpc) is 3.25. The number of hydrogen-bond donors (Lipinski definition) is 2. The van der Waals surface area contributed by atoms with Crippen molar-refractivity contribution >= 4 is 38.9 Å². The number of hydrogen-bond acceptors (Lipinski definition) is 6. The Balaban J connectivity index is 1.55. The Labute approximate surface area is 174 Å². The van der Waals surface area contributed by atoms with Gasteiger partial charge in [0, 0.05) is 11.7 Å². The van der Waals surface area contributed by atoms with Crippen molar-refractivity contribution in [3.8, 4) is 0 Å². The lowest BCUT2D eigenvalue weighted by molar-refractivity contribution is -0.130. The molecule has 2 N–H and O–H groups in total. The SMILES string of the molecule is CC(OC(=O)c1ccc(NS(=O)(=O)c2cccs2)cc1)C(=O)NC1CCCCC1. The van der Waals surface area contributed by atoms with E-state index in [-0.39, 0.29) is 21.7 Å². The normalized spacial score (nSPS) is 16.0. The molecule has 2 aromatic rings. The Kier molecular flexibility index (Phi) is 6.92. The Morgan fingerprint density at radius 3 is 2.41 bits per heavy atom. The van der Waals surface area contributed by atoms with E-state index in [4.69, 9.17) is 4.74 Å². The number of ether oxygens (including phenoxy) is 1. The Morgan fingerprint density at radius 2 is 1.79 bits per heavy atom. The second kappa shape index (κ2) is 9.41. The summed E-state index contributed by atoms with van der Waals surface area (Å²) in [6.07, 6.45) is 4.39. The van der Waals surface area contributed by atoms with Gasteiger partial charge in [0.15, 0.2) is 6.10 Å². The van der Waals surface area contributed by atoms with Crippen LogP contribution < -0.4 is 10.0 Å². The fourth-order valence-electron chi connectivity index (χ4n) is 3.14. The van der Waals surface area contributed by atoms with Gasteiger partial charge in [0.05, 0.1) is 5.56 Å². The van der Waals surface area contributed by atoms with E-state index in [0.29, 0.717) is 5.69 Å². The fourth-order valence-corrected chi connectivity index (χ4v) is 5.20. The first-order chi connectivity index (χ1) is 13.8. The van der Waals surface area contributed by atoms with Crippen LogP contribution in [-0.2, 0) is 19.6 Å². The smallest absolute Gasteiger partial charge is 0.338 e. The summed E-state index contributed by atoms with van der Waals surface area (Å²) in [5, 5.41) is 4.61. The van der Waals surface area contributed by atoms with E-state index in [0.717, 1.165) is 37.0 Å². The summed E-state index contributed by atoms with van der Waals surface area (Å²) in [6.45, 7) is 1.54. The van der Waals surface area contributed by atoms with E-state index in [1.165, 1.54) is 36.8 Å². The summed E-state index contributed by atoms with van der Waals surface area (Å²) in [7, 11) is -3.65. The third-order valence-corrected chi connectivity index (χ3v) is 7.52. The number of carbonyl (C=O) groups is 2. The predicted octanol–water partition coefficient (Wildman–Crippen LogP) is 3.54. The molecule has 3 rings (SSSR count). The molecule has 1 aliphatic rings. The second-order valence-corrected chi connectivity index (χ2v) is 9.86. The molecule has 1 atom stereocenters. The van der Waals surface area contributed by atoms with Crippen molar-refractivity contribution in [2.75, 3.05) is 4.72 Å². The van der Waals surface area contributed by atoms with Gasteiger partial charge in [-0.05, 0) is 55.5 Å². The van der Waals surface area contributed by atoms with Gasteiger partial charge in [0.2, 0.25) is 0 Å². The van der Waals surface area contributed by atoms with Gasteiger partial charge < -0.3 is 10.1 Å². The van der Waals surface area contributed by atoms with Gasteiger partial charge in [-0.3, -0.25) is 9.52 Å². The molecule has 1 aromatic heterocycles. The molecule has 7 nitrogen and oxygen atoms in total. The van der Waals surface area contributed by atoms with Gasteiger partial charge in [-0.15, -0.1) is 11.3 Å². The van der Waals surface area contributed by atoms with E-state index in [2.05, 4.69) is 10.0 Å². The zero-order valence-electron chi connectivity index (χ0n) is 16.1. The molecule has 1 saturated carbocycles. The van der Waals surface area contributed by atoms with Crippen LogP contribution in [0.15, 0.2) is 46.0 Å². The lowest BCUT2D eigenvalue weighted by Crippen LogP contribution is -2.42. The van der Waals surface area contributed by atoms with Gasteiger partial charge in [-0.1, -0.05) is 25.3 Å². The molecule has 0 aliphatic heterocycles. The van der Waals surface area contributed by atoms with Gasteiger partial charge in [-0.2, -0.15) is 0 Å². The van der Waals surface area contributed by atoms with Crippen molar-refractivity contribution in [2.45, 2.75) is 55.4 Å². The molecule has 156 valence electrons. The van der Waals surface area contributed by atoms with Gasteiger partial charge in [0.1, 0.15) is 4.21 Å². The van der Waals surface area contributed by atoms with Crippen molar-refractivity contribution in [3.63, 3.8) is 0 Å². The maximum Gasteiger partial charge on any atom is 0.338 e. The average molecular weight is 437 g/mol. The van der Waals surface area contributed by atoms with Gasteiger partial charge in [0.25, 0.3) is 15.9 Å². The first-order valence-electron chi connectivity index (χ1n) is 9.53. The minimum Gasteiger partial charge on any atom is -0.449 e. The molecule has 1 aromatic carbocycles. The summed E-state index contributed by atoms with van der Waals surface area (Å²) in [4.78, 5) is 24.5. The monoisotopic (exact) mass is 436 g/mol. The van der Waals surface area contributed by atoms with Gasteiger partial charge >= 0.3 is 5.97 Å². The molecule has 1 amide bonds. The molecule has 9 heteroatoms. The first kappa shape index (κ1) is 21.3. The summed E-state index contributed by atoms with van der Waals surface area (Å²) in [5.74, 6) is -0.936. The van der Waals surface area contributed by atoms with Crippen LogP contribution in [-0.4, -0.2) is 32.4 Å². The standard InChI is InChI=1S/C20H24N2O5S2/c1-14(19(23)21-16-6-3-2-4-7-16)27-20(24)15-9-11-17(12-10-15)22-29(25,26)18-8-5-13-28-18/h5,8-14,16,22H,2-4,6-7H2,1H3,(H,21,23). The quantitative estimate of drug-likeness (QED) is 0.647. The molecule has 1 unspecified atom stereocenters. The highest BCUT2D eigenvalue weighted by atomic mass is 32.2. The van der Waals surface area contributed by atoms with Crippen LogP contribution in [0.1, 0.15) is 49.4 Å². The Hall–Kier alpha value is -2.39. The lowest BCUT2D eigenvalue weighted by Gasteiger charge is -2.24. The molecular formula is C20H24N2O5S2. The maximum atomic E-state index is 12.3. The van der Waals surface area contributed by atoms with E-state index in [1.807, 2.05) is 0 Å². The largest absolute Gasteiger partial charge is 0.449 e. The maximum absolute atomic E-state index is 12.3. The van der Waals surface area contributed by atoms with Crippen LogP contribution in [0.5, 0.6) is 0 Å². The summed E-state index contributed by atoms with van der Waals surface area (Å²) in [6, 6.07) is 9.19. The highest BCUT2D eigenvalue weighted by Gasteiger charge is 2.23. The van der Waals surface area contributed by atoms with Crippen molar-refractivity contribution < 1.29 is 22.7 Å². The topological polar surface area (TPSA) is 102 Å². The molecule has 0 radical (unpaired) electrons. The highest BCUT2D eigenvalue weighted by Crippen LogP contribution is 2.21. The summed E-state index contributed by atoms with van der Waals surface area (Å²) in [5.41, 5.74) is 0.569. The van der Waals surface area contributed by atoms with Crippen molar-refractivity contribution in [3.05, 3.63) is 47.3 Å². The number of thiophene rings is 1. The molecule has 1 fully saturated rings. The number of carbonyl (C=O) groups excluding carboxylic acids is 2. The van der Waals surface area contributed by atoms with E-state index >= 15 is 0 Å². The number of benzene rings is 1. The lowest BCUT2D eigenvalue weighted by atomic mass is 9.95. The van der Waals surface area contributed by atoms with Gasteiger partial charge in [-0.25, -0.2) is 13.2 Å². The van der Waals surface area contributed by atoms with Crippen LogP contribution in [0.25, 0.3) is 0 Å². The van der Waals surface area contributed by atoms with Crippen LogP contribution in [0.2, 0.25) is 0 Å². The van der Waals surface area contributed by atoms with Crippen LogP contribution in [0, 0.1) is 0 Å². The minimum absolute atomic E-state index is 0.146. The van der Waals surface area contributed by atoms with Crippen LogP contribution >= 0.6 is 11.3 Å². The third-order valence-electron chi connectivity index (χ3n) is 4.74. The molecule has 0 bridgehead atoms. The minimum atomic E-state index is -3.65. The van der Waals surface area contributed by atoms with E-state index in [1.54, 1.807) is 18.4 Å². The van der Waals surface area contributed by atoms with E-state index < -0.39 is 22.1 Å². The van der Waals surface area contributed by atoms with Crippen LogP contribution in [0.3, 0.4) is 0 Å². The van der Waals surface area contributed by atoms with E-state index in [9.17, 15) is 18.0 Å². The Morgan fingerprint density at radius 1 is 1.10 bits per heavy atom. The zero-order valence-corrected chi connectivity index (χ0v) is 17.7. The molecule has 0 spiro atoms. The molecule has 1 aliphatic carbocycles. The molecule has 0 saturated heterocycles. The summed E-state index contributed by atoms with van der Waals surface area (Å²) >= 11 is 1.12. The number of rotatable bonds is 7. The Bertz CT molecular complexity index is 934. The van der Waals surface area contributed by atoms with Crippen molar-refractivity contribution in [2.24, 2.45) is 0 Å².